The van der Waals surface area contributed by atoms with Gasteiger partial charge in [-0.1, -0.05) is 84.0 Å². The summed E-state index contributed by atoms with van der Waals surface area (Å²) < 4.78 is 45.4. The van der Waals surface area contributed by atoms with Gasteiger partial charge in [0.25, 0.3) is 0 Å². The molecule has 1 aliphatic rings. The van der Waals surface area contributed by atoms with Crippen LogP contribution in [0.4, 0.5) is 4.79 Å². The van der Waals surface area contributed by atoms with E-state index < -0.39 is 6.09 Å². The van der Waals surface area contributed by atoms with Gasteiger partial charge < -0.3 is 43.2 Å². The van der Waals surface area contributed by atoms with Gasteiger partial charge in [0.1, 0.15) is 6.61 Å². The number of fused-ring (bicyclic) bond motifs is 3. The number of hydrogen-bond acceptors (Lipinski definition) is 9. The first-order valence-corrected chi connectivity index (χ1v) is 18.0. The van der Waals surface area contributed by atoms with Crippen LogP contribution in [0.3, 0.4) is 0 Å². The normalized spacial score (nSPS) is 12.3. The van der Waals surface area contributed by atoms with E-state index in [1.54, 1.807) is 0 Å². The van der Waals surface area contributed by atoms with Crippen molar-refractivity contribution in [1.29, 1.82) is 0 Å². The highest BCUT2D eigenvalue weighted by molar-refractivity contribution is 14.1. The van der Waals surface area contributed by atoms with E-state index >= 15 is 0 Å². The van der Waals surface area contributed by atoms with Gasteiger partial charge in [0.05, 0.1) is 85.9 Å². The number of carbonyl (C=O) groups is 1. The van der Waals surface area contributed by atoms with Crippen LogP contribution in [-0.4, -0.2) is 116 Å². The minimum absolute atomic E-state index is 0.0454. The first kappa shape index (κ1) is 38.6. The van der Waals surface area contributed by atoms with Gasteiger partial charge in [-0.3, -0.25) is 0 Å². The summed E-state index contributed by atoms with van der Waals surface area (Å²) in [5.74, 6) is 0.0454. The zero-order valence-corrected chi connectivity index (χ0v) is 29.3. The lowest BCUT2D eigenvalue weighted by Crippen LogP contribution is -2.29. The Balaban J connectivity index is 1.00. The van der Waals surface area contributed by atoms with Gasteiger partial charge in [-0.25, -0.2) is 4.79 Å². The van der Waals surface area contributed by atoms with Crippen molar-refractivity contribution in [2.24, 2.45) is 0 Å². The zero-order chi connectivity index (χ0) is 32.3. The highest BCUT2D eigenvalue weighted by Crippen LogP contribution is 2.44. The van der Waals surface area contributed by atoms with E-state index in [1.165, 1.54) is 45.9 Å². The maximum atomic E-state index is 12.2. The summed E-state index contributed by atoms with van der Waals surface area (Å²) in [5.41, 5.74) is 4.80. The highest BCUT2D eigenvalue weighted by Gasteiger charge is 2.28. The Hall–Kier alpha value is -1.84. The van der Waals surface area contributed by atoms with Crippen molar-refractivity contribution in [3.8, 4) is 11.1 Å². The van der Waals surface area contributed by atoms with Gasteiger partial charge in [0.2, 0.25) is 0 Å². The maximum Gasteiger partial charge on any atom is 0.407 e. The molecule has 0 saturated heterocycles. The number of benzene rings is 2. The number of halogens is 1. The molecular weight excluding hydrogens is 705 g/mol. The Bertz CT molecular complexity index is 1010. The summed E-state index contributed by atoms with van der Waals surface area (Å²) >= 11 is 2.42. The van der Waals surface area contributed by atoms with Crippen LogP contribution in [0.15, 0.2) is 48.5 Å². The standard InChI is InChI=1S/C35H52INO9/c36-13-7-1-2-8-15-39-17-19-41-21-23-43-25-27-45-28-26-44-24-22-42-20-18-40-16-14-37-35(38)46-29-34-32-11-5-3-9-30(32)31-10-4-6-12-33(31)34/h3-6,9-12,34H,1-2,7-8,13-29H2,(H,37,38). The molecule has 2 aromatic rings. The Morgan fingerprint density at radius 2 is 0.957 bits per heavy atom. The molecule has 0 bridgehead atoms. The van der Waals surface area contributed by atoms with Crippen LogP contribution in [0.5, 0.6) is 0 Å². The smallest absolute Gasteiger partial charge is 0.407 e. The van der Waals surface area contributed by atoms with E-state index in [1.807, 2.05) is 24.3 Å². The third-order valence-corrected chi connectivity index (χ3v) is 8.03. The Morgan fingerprint density at radius 1 is 0.543 bits per heavy atom. The first-order valence-electron chi connectivity index (χ1n) is 16.5. The van der Waals surface area contributed by atoms with Crippen LogP contribution in [-0.2, 0) is 37.9 Å². The quantitative estimate of drug-likeness (QED) is 0.0643. The predicted molar refractivity (Wildman–Crippen MR) is 186 cm³/mol. The van der Waals surface area contributed by atoms with Crippen molar-refractivity contribution < 1.29 is 42.7 Å². The van der Waals surface area contributed by atoms with Crippen molar-refractivity contribution in [2.75, 3.05) is 110 Å². The molecule has 0 atom stereocenters. The number of alkyl halides is 1. The van der Waals surface area contributed by atoms with Crippen LogP contribution < -0.4 is 5.32 Å². The van der Waals surface area contributed by atoms with Gasteiger partial charge in [-0.15, -0.1) is 0 Å². The van der Waals surface area contributed by atoms with Crippen molar-refractivity contribution in [2.45, 2.75) is 31.6 Å². The SMILES string of the molecule is O=C(NCCOCCOCCOCCOCCOCCOCCOCCCCCCI)OCC1c2ccccc2-c2ccccc21. The molecular formula is C35H52INO9. The lowest BCUT2D eigenvalue weighted by Gasteiger charge is -2.14. The first-order chi connectivity index (χ1) is 22.8. The number of hydrogen-bond donors (Lipinski definition) is 1. The van der Waals surface area contributed by atoms with Crippen LogP contribution in [0.25, 0.3) is 11.1 Å². The van der Waals surface area contributed by atoms with Crippen LogP contribution >= 0.6 is 22.6 Å². The second-order valence-corrected chi connectivity index (χ2v) is 11.7. The number of alkyl carbamates (subject to hydrolysis) is 1. The third kappa shape index (κ3) is 16.3. The third-order valence-electron chi connectivity index (χ3n) is 7.26. The molecule has 0 unspecified atom stereocenters. The average Bonchev–Trinajstić information content (AvgIpc) is 3.40. The number of ether oxygens (including phenoxy) is 8. The molecule has 258 valence electrons. The second kappa shape index (κ2) is 26.2. The molecule has 46 heavy (non-hydrogen) atoms. The zero-order valence-electron chi connectivity index (χ0n) is 27.1. The van der Waals surface area contributed by atoms with Gasteiger partial charge in [0, 0.05) is 19.1 Å². The van der Waals surface area contributed by atoms with Crippen LogP contribution in [0.2, 0.25) is 0 Å². The fourth-order valence-electron chi connectivity index (χ4n) is 4.95. The molecule has 0 heterocycles. The number of unbranched alkanes of at least 4 members (excludes halogenated alkanes) is 3. The lowest BCUT2D eigenvalue weighted by molar-refractivity contribution is -0.0204. The lowest BCUT2D eigenvalue weighted by atomic mass is 9.98. The van der Waals surface area contributed by atoms with Crippen LogP contribution in [0.1, 0.15) is 42.7 Å². The summed E-state index contributed by atoms with van der Waals surface area (Å²) in [6.07, 6.45) is 4.52. The summed E-state index contributed by atoms with van der Waals surface area (Å²) in [6.45, 7) is 8.14. The topological polar surface area (TPSA) is 103 Å². The van der Waals surface area contributed by atoms with Gasteiger partial charge in [-0.05, 0) is 39.5 Å². The number of nitrogens with one attached hydrogen (secondary N) is 1. The molecule has 1 aliphatic carbocycles. The Morgan fingerprint density at radius 3 is 1.43 bits per heavy atom. The molecule has 3 rings (SSSR count). The molecule has 0 aliphatic heterocycles. The molecule has 10 nitrogen and oxygen atoms in total. The molecule has 0 aromatic heterocycles. The fourth-order valence-corrected chi connectivity index (χ4v) is 5.49. The average molecular weight is 758 g/mol. The molecule has 0 saturated carbocycles. The minimum atomic E-state index is -0.444. The molecule has 0 spiro atoms. The van der Waals surface area contributed by atoms with E-state index in [-0.39, 0.29) is 5.92 Å². The predicted octanol–water partition coefficient (Wildman–Crippen LogP) is 5.64. The number of carbonyl (C=O) groups excluding carboxylic acids is 1. The number of rotatable bonds is 29. The van der Waals surface area contributed by atoms with Crippen molar-refractivity contribution in [3.63, 3.8) is 0 Å². The van der Waals surface area contributed by atoms with Crippen molar-refractivity contribution in [3.05, 3.63) is 59.7 Å². The molecule has 1 amide bonds. The van der Waals surface area contributed by atoms with E-state index in [9.17, 15) is 4.79 Å². The van der Waals surface area contributed by atoms with Gasteiger partial charge in [0.15, 0.2) is 0 Å². The van der Waals surface area contributed by atoms with E-state index in [0.29, 0.717) is 99.0 Å². The second-order valence-electron chi connectivity index (χ2n) is 10.6. The highest BCUT2D eigenvalue weighted by atomic mass is 127. The van der Waals surface area contributed by atoms with Gasteiger partial charge >= 0.3 is 6.09 Å². The van der Waals surface area contributed by atoms with Gasteiger partial charge in [-0.2, -0.15) is 0 Å². The Labute approximate surface area is 288 Å². The monoisotopic (exact) mass is 757 g/mol. The van der Waals surface area contributed by atoms with E-state index in [2.05, 4.69) is 52.2 Å². The van der Waals surface area contributed by atoms with Crippen LogP contribution in [0, 0.1) is 0 Å². The fraction of sp³-hybridized carbons (Fsp3) is 0.629. The summed E-state index contributed by atoms with van der Waals surface area (Å²) in [5, 5.41) is 2.75. The summed E-state index contributed by atoms with van der Waals surface area (Å²) in [4.78, 5) is 12.2. The van der Waals surface area contributed by atoms with E-state index in [0.717, 1.165) is 13.0 Å². The molecule has 0 fully saturated rings. The van der Waals surface area contributed by atoms with E-state index in [4.69, 9.17) is 37.9 Å². The molecule has 1 N–H and O–H groups in total. The van der Waals surface area contributed by atoms with Crippen molar-refractivity contribution in [1.82, 2.24) is 5.32 Å². The largest absolute Gasteiger partial charge is 0.449 e. The summed E-state index contributed by atoms with van der Waals surface area (Å²) in [6, 6.07) is 16.6. The minimum Gasteiger partial charge on any atom is -0.449 e. The summed E-state index contributed by atoms with van der Waals surface area (Å²) in [7, 11) is 0. The maximum absolute atomic E-state index is 12.2. The number of amides is 1. The van der Waals surface area contributed by atoms with Crippen molar-refractivity contribution >= 4 is 28.7 Å². The Kier molecular flexibility index (Phi) is 21.9. The molecule has 2 aromatic carbocycles. The molecule has 0 radical (unpaired) electrons. The molecule has 11 heteroatoms.